The molecule has 1 aliphatic heterocycles. The van der Waals surface area contributed by atoms with Crippen LogP contribution < -0.4 is 10.2 Å². The third kappa shape index (κ3) is 4.02. The monoisotopic (exact) mass is 374 g/mol. The SMILES string of the molecule is O=C(NCCS(=O)(=O)c1ccccc1)c1ccc(N2CCOC2=O)cc1. The highest BCUT2D eigenvalue weighted by Gasteiger charge is 2.23. The maximum absolute atomic E-state index is 12.2. The molecular formula is C18H18N2O5S. The maximum Gasteiger partial charge on any atom is 0.414 e. The molecule has 2 amide bonds. The van der Waals surface area contributed by atoms with Crippen LogP contribution in [0.1, 0.15) is 10.4 Å². The van der Waals surface area contributed by atoms with Crippen molar-refractivity contribution in [3.63, 3.8) is 0 Å². The predicted octanol–water partition coefficient (Wildman–Crippen LogP) is 1.85. The molecule has 0 bridgehead atoms. The first-order valence-corrected chi connectivity index (χ1v) is 9.73. The zero-order chi connectivity index (χ0) is 18.6. The van der Waals surface area contributed by atoms with Gasteiger partial charge in [0.2, 0.25) is 0 Å². The summed E-state index contributed by atoms with van der Waals surface area (Å²) in [4.78, 5) is 25.4. The lowest BCUT2D eigenvalue weighted by Crippen LogP contribution is -2.29. The summed E-state index contributed by atoms with van der Waals surface area (Å²) in [5, 5.41) is 2.60. The summed E-state index contributed by atoms with van der Waals surface area (Å²) in [5.74, 6) is -0.552. The molecule has 0 aromatic heterocycles. The van der Waals surface area contributed by atoms with Crippen molar-refractivity contribution in [1.82, 2.24) is 5.32 Å². The molecule has 0 radical (unpaired) electrons. The van der Waals surface area contributed by atoms with Gasteiger partial charge in [0.15, 0.2) is 9.84 Å². The second-order valence-electron chi connectivity index (χ2n) is 5.70. The molecule has 136 valence electrons. The number of hydrogen-bond donors (Lipinski definition) is 1. The van der Waals surface area contributed by atoms with Gasteiger partial charge in [-0.2, -0.15) is 0 Å². The number of sulfone groups is 1. The van der Waals surface area contributed by atoms with Crippen LogP contribution in [-0.4, -0.2) is 45.9 Å². The molecule has 2 aromatic rings. The number of benzene rings is 2. The molecule has 7 nitrogen and oxygen atoms in total. The Kier molecular flexibility index (Phi) is 5.22. The van der Waals surface area contributed by atoms with Crippen molar-refractivity contribution in [2.24, 2.45) is 0 Å². The lowest BCUT2D eigenvalue weighted by Gasteiger charge is -2.13. The summed E-state index contributed by atoms with van der Waals surface area (Å²) in [6.45, 7) is 0.828. The van der Waals surface area contributed by atoms with Crippen LogP contribution in [0, 0.1) is 0 Å². The van der Waals surface area contributed by atoms with Gasteiger partial charge in [0.1, 0.15) is 6.61 Å². The van der Waals surface area contributed by atoms with E-state index in [9.17, 15) is 18.0 Å². The first-order valence-electron chi connectivity index (χ1n) is 8.08. The Morgan fingerprint density at radius 1 is 1.08 bits per heavy atom. The third-order valence-electron chi connectivity index (χ3n) is 3.96. The fourth-order valence-electron chi connectivity index (χ4n) is 2.57. The minimum absolute atomic E-state index is 0.0102. The number of carbonyl (C=O) groups excluding carboxylic acids is 2. The fourth-order valence-corrected chi connectivity index (χ4v) is 3.75. The van der Waals surface area contributed by atoms with E-state index in [2.05, 4.69) is 5.32 Å². The van der Waals surface area contributed by atoms with Crippen LogP contribution in [0.25, 0.3) is 0 Å². The summed E-state index contributed by atoms with van der Waals surface area (Å²) < 4.78 is 29.2. The molecule has 1 aliphatic rings. The van der Waals surface area contributed by atoms with Gasteiger partial charge in [-0.1, -0.05) is 18.2 Å². The molecule has 0 unspecified atom stereocenters. The van der Waals surface area contributed by atoms with Crippen molar-refractivity contribution in [1.29, 1.82) is 0 Å². The number of nitrogens with one attached hydrogen (secondary N) is 1. The van der Waals surface area contributed by atoms with Crippen molar-refractivity contribution in [3.8, 4) is 0 Å². The van der Waals surface area contributed by atoms with E-state index in [0.717, 1.165) is 0 Å². The minimum Gasteiger partial charge on any atom is -0.447 e. The van der Waals surface area contributed by atoms with E-state index in [0.29, 0.717) is 24.4 Å². The van der Waals surface area contributed by atoms with Crippen LogP contribution >= 0.6 is 0 Å². The Balaban J connectivity index is 1.56. The second kappa shape index (κ2) is 7.57. The molecule has 0 spiro atoms. The van der Waals surface area contributed by atoms with Crippen LogP contribution in [0.5, 0.6) is 0 Å². The van der Waals surface area contributed by atoms with E-state index in [1.807, 2.05) is 0 Å². The zero-order valence-electron chi connectivity index (χ0n) is 13.9. The lowest BCUT2D eigenvalue weighted by atomic mass is 10.2. The molecular weight excluding hydrogens is 356 g/mol. The summed E-state index contributed by atoms with van der Waals surface area (Å²) in [6, 6.07) is 14.6. The average Bonchev–Trinajstić information content (AvgIpc) is 3.08. The number of nitrogens with zero attached hydrogens (tertiary/aromatic N) is 1. The predicted molar refractivity (Wildman–Crippen MR) is 96.0 cm³/mol. The molecule has 0 saturated carbocycles. The molecule has 1 saturated heterocycles. The first kappa shape index (κ1) is 17.9. The Hall–Kier alpha value is -2.87. The van der Waals surface area contributed by atoms with Crippen molar-refractivity contribution in [3.05, 3.63) is 60.2 Å². The number of anilines is 1. The van der Waals surface area contributed by atoms with Gasteiger partial charge in [0, 0.05) is 17.8 Å². The molecule has 1 N–H and O–H groups in total. The number of rotatable bonds is 6. The number of cyclic esters (lactones) is 1. The van der Waals surface area contributed by atoms with Gasteiger partial charge < -0.3 is 10.1 Å². The van der Waals surface area contributed by atoms with E-state index < -0.39 is 15.9 Å². The summed E-state index contributed by atoms with van der Waals surface area (Å²) >= 11 is 0. The largest absolute Gasteiger partial charge is 0.447 e. The smallest absolute Gasteiger partial charge is 0.414 e. The molecule has 0 atom stereocenters. The normalized spacial score (nSPS) is 14.2. The highest BCUT2D eigenvalue weighted by molar-refractivity contribution is 7.91. The molecule has 1 fully saturated rings. The average molecular weight is 374 g/mol. The van der Waals surface area contributed by atoms with Gasteiger partial charge in [-0.3, -0.25) is 9.69 Å². The number of ether oxygens (including phenoxy) is 1. The topological polar surface area (TPSA) is 92.8 Å². The Morgan fingerprint density at radius 2 is 1.77 bits per heavy atom. The van der Waals surface area contributed by atoms with Crippen LogP contribution in [-0.2, 0) is 14.6 Å². The van der Waals surface area contributed by atoms with Gasteiger partial charge in [-0.25, -0.2) is 13.2 Å². The number of amides is 2. The van der Waals surface area contributed by atoms with Gasteiger partial charge in [-0.15, -0.1) is 0 Å². The van der Waals surface area contributed by atoms with E-state index in [1.54, 1.807) is 42.5 Å². The summed E-state index contributed by atoms with van der Waals surface area (Å²) in [7, 11) is -3.43. The van der Waals surface area contributed by atoms with Crippen molar-refractivity contribution in [2.75, 3.05) is 30.3 Å². The fraction of sp³-hybridized carbons (Fsp3) is 0.222. The second-order valence-corrected chi connectivity index (χ2v) is 7.81. The van der Waals surface area contributed by atoms with Gasteiger partial charge >= 0.3 is 6.09 Å². The van der Waals surface area contributed by atoms with E-state index >= 15 is 0 Å². The van der Waals surface area contributed by atoms with Crippen LogP contribution in [0.15, 0.2) is 59.5 Å². The Bertz CT molecular complexity index is 895. The van der Waals surface area contributed by atoms with Gasteiger partial charge in [-0.05, 0) is 36.4 Å². The molecule has 26 heavy (non-hydrogen) atoms. The van der Waals surface area contributed by atoms with Crippen molar-refractivity contribution >= 4 is 27.5 Å². The van der Waals surface area contributed by atoms with Crippen LogP contribution in [0.4, 0.5) is 10.5 Å². The van der Waals surface area contributed by atoms with Crippen LogP contribution in [0.2, 0.25) is 0 Å². The van der Waals surface area contributed by atoms with Gasteiger partial charge in [0.25, 0.3) is 5.91 Å². The van der Waals surface area contributed by atoms with E-state index in [-0.39, 0.29) is 23.1 Å². The maximum atomic E-state index is 12.2. The molecule has 2 aromatic carbocycles. The summed E-state index contributed by atoms with van der Waals surface area (Å²) in [5.41, 5.74) is 1.04. The number of hydrogen-bond acceptors (Lipinski definition) is 5. The van der Waals surface area contributed by atoms with Crippen LogP contribution in [0.3, 0.4) is 0 Å². The molecule has 1 heterocycles. The molecule has 3 rings (SSSR count). The Labute approximate surface area is 151 Å². The van der Waals surface area contributed by atoms with E-state index in [1.165, 1.54) is 17.0 Å². The molecule has 8 heteroatoms. The summed E-state index contributed by atoms with van der Waals surface area (Å²) in [6.07, 6.45) is -0.409. The first-order chi connectivity index (χ1) is 12.5. The quantitative estimate of drug-likeness (QED) is 0.833. The third-order valence-corrected chi connectivity index (χ3v) is 5.69. The van der Waals surface area contributed by atoms with Gasteiger partial charge in [0.05, 0.1) is 17.2 Å². The minimum atomic E-state index is -3.43. The lowest BCUT2D eigenvalue weighted by molar-refractivity contribution is 0.0956. The van der Waals surface area contributed by atoms with Crippen molar-refractivity contribution in [2.45, 2.75) is 4.90 Å². The van der Waals surface area contributed by atoms with E-state index in [4.69, 9.17) is 4.74 Å². The number of carbonyl (C=O) groups is 2. The Morgan fingerprint density at radius 3 is 2.38 bits per heavy atom. The molecule has 0 aliphatic carbocycles. The highest BCUT2D eigenvalue weighted by Crippen LogP contribution is 2.19. The standard InChI is InChI=1S/C18H18N2O5S/c21-17(19-10-13-26(23,24)16-4-2-1-3-5-16)14-6-8-15(9-7-14)20-11-12-25-18(20)22/h1-9H,10-13H2,(H,19,21). The van der Waals surface area contributed by atoms with Crippen molar-refractivity contribution < 1.29 is 22.7 Å². The zero-order valence-corrected chi connectivity index (χ0v) is 14.7. The highest BCUT2D eigenvalue weighted by atomic mass is 32.2.